The van der Waals surface area contributed by atoms with Gasteiger partial charge in [0.25, 0.3) is 0 Å². The van der Waals surface area contributed by atoms with Crippen molar-refractivity contribution in [3.05, 3.63) is 0 Å². The van der Waals surface area contributed by atoms with Crippen LogP contribution in [0.4, 0.5) is 0 Å². The molecule has 114 valence electrons. The fraction of sp³-hybridized carbons (Fsp3) is 0.933. The van der Waals surface area contributed by atoms with E-state index < -0.39 is 0 Å². The molecule has 0 radical (unpaired) electrons. The zero-order valence-electron chi connectivity index (χ0n) is 13.8. The van der Waals surface area contributed by atoms with Crippen molar-refractivity contribution in [1.82, 2.24) is 15.5 Å². The van der Waals surface area contributed by atoms with Gasteiger partial charge in [-0.3, -0.25) is 4.99 Å². The van der Waals surface area contributed by atoms with Gasteiger partial charge in [-0.15, -0.1) is 0 Å². The molecule has 0 saturated carbocycles. The molecule has 0 fully saturated rings. The van der Waals surface area contributed by atoms with Crippen molar-refractivity contribution in [1.29, 1.82) is 0 Å². The molecule has 2 N–H and O–H groups in total. The fourth-order valence-corrected chi connectivity index (χ4v) is 2.01. The van der Waals surface area contributed by atoms with Crippen LogP contribution >= 0.6 is 0 Å². The minimum Gasteiger partial charge on any atom is -0.356 e. The van der Waals surface area contributed by atoms with E-state index >= 15 is 0 Å². The smallest absolute Gasteiger partial charge is 0.191 e. The van der Waals surface area contributed by atoms with E-state index in [1.54, 1.807) is 0 Å². The molecule has 0 aromatic heterocycles. The molecule has 0 atom stereocenters. The van der Waals surface area contributed by atoms with Gasteiger partial charge in [-0.2, -0.15) is 0 Å². The van der Waals surface area contributed by atoms with Crippen LogP contribution in [0.15, 0.2) is 4.99 Å². The largest absolute Gasteiger partial charge is 0.356 e. The van der Waals surface area contributed by atoms with E-state index in [0.29, 0.717) is 0 Å². The Morgan fingerprint density at radius 1 is 1.05 bits per heavy atom. The highest BCUT2D eigenvalue weighted by Crippen LogP contribution is 1.98. The lowest BCUT2D eigenvalue weighted by atomic mass is 10.1. The van der Waals surface area contributed by atoms with Crippen molar-refractivity contribution < 1.29 is 0 Å². The molecular weight excluding hydrogens is 236 g/mol. The molecule has 4 nitrogen and oxygen atoms in total. The van der Waals surface area contributed by atoms with Gasteiger partial charge in [-0.05, 0) is 59.7 Å². The lowest BCUT2D eigenvalue weighted by Crippen LogP contribution is -2.48. The third kappa shape index (κ3) is 10.8. The molecule has 0 aliphatic heterocycles. The van der Waals surface area contributed by atoms with E-state index in [9.17, 15) is 0 Å². The summed E-state index contributed by atoms with van der Waals surface area (Å²) in [6, 6.07) is 0. The highest BCUT2D eigenvalue weighted by Gasteiger charge is 2.11. The van der Waals surface area contributed by atoms with Gasteiger partial charge >= 0.3 is 0 Å². The summed E-state index contributed by atoms with van der Waals surface area (Å²) in [6.07, 6.45) is 3.63. The van der Waals surface area contributed by atoms with Crippen LogP contribution in [-0.4, -0.2) is 49.6 Å². The van der Waals surface area contributed by atoms with Gasteiger partial charge in [-0.1, -0.05) is 13.8 Å². The SMILES string of the molecule is CCCN(CCC)CCCNC(=NC)NC(C)(C)C. The fourth-order valence-electron chi connectivity index (χ4n) is 2.01. The summed E-state index contributed by atoms with van der Waals surface area (Å²) in [5.41, 5.74) is 0.0539. The molecule has 0 heterocycles. The molecule has 4 heteroatoms. The van der Waals surface area contributed by atoms with Gasteiger partial charge in [0, 0.05) is 19.1 Å². The predicted molar refractivity (Wildman–Crippen MR) is 85.9 cm³/mol. The highest BCUT2D eigenvalue weighted by molar-refractivity contribution is 5.80. The maximum Gasteiger partial charge on any atom is 0.191 e. The second kappa shape index (κ2) is 10.1. The Morgan fingerprint density at radius 2 is 1.63 bits per heavy atom. The first-order valence-electron chi connectivity index (χ1n) is 7.64. The van der Waals surface area contributed by atoms with Gasteiger partial charge in [-0.25, -0.2) is 0 Å². The summed E-state index contributed by atoms with van der Waals surface area (Å²) in [5, 5.41) is 6.75. The molecule has 0 aromatic rings. The molecule has 0 saturated heterocycles. The summed E-state index contributed by atoms with van der Waals surface area (Å²) in [7, 11) is 1.82. The molecule has 0 aromatic carbocycles. The molecule has 0 unspecified atom stereocenters. The molecule has 0 aliphatic rings. The maximum atomic E-state index is 4.24. The van der Waals surface area contributed by atoms with E-state index in [4.69, 9.17) is 0 Å². The first-order valence-corrected chi connectivity index (χ1v) is 7.64. The maximum absolute atomic E-state index is 4.24. The Labute approximate surface area is 120 Å². The number of aliphatic imine (C=N–C) groups is 1. The zero-order chi connectivity index (χ0) is 14.7. The first-order chi connectivity index (χ1) is 8.92. The average Bonchev–Trinajstić information content (AvgIpc) is 2.32. The van der Waals surface area contributed by atoms with Crippen LogP contribution in [0.1, 0.15) is 53.9 Å². The van der Waals surface area contributed by atoms with Crippen LogP contribution in [0.3, 0.4) is 0 Å². The Bertz CT molecular complexity index is 237. The van der Waals surface area contributed by atoms with Gasteiger partial charge < -0.3 is 15.5 Å². The van der Waals surface area contributed by atoms with Gasteiger partial charge in [0.1, 0.15) is 0 Å². The molecule has 19 heavy (non-hydrogen) atoms. The van der Waals surface area contributed by atoms with E-state index in [-0.39, 0.29) is 5.54 Å². The quantitative estimate of drug-likeness (QED) is 0.404. The van der Waals surface area contributed by atoms with Crippen molar-refractivity contribution in [2.24, 2.45) is 4.99 Å². The third-order valence-electron chi connectivity index (χ3n) is 2.74. The summed E-state index contributed by atoms with van der Waals surface area (Å²) >= 11 is 0. The Kier molecular flexibility index (Phi) is 9.66. The molecular formula is C15H34N4. The Balaban J connectivity index is 3.87. The van der Waals surface area contributed by atoms with Crippen molar-refractivity contribution in [2.45, 2.75) is 59.4 Å². The molecule has 0 aliphatic carbocycles. The number of rotatable bonds is 8. The molecule has 0 rings (SSSR count). The molecule has 0 spiro atoms. The first kappa shape index (κ1) is 18.2. The second-order valence-corrected chi connectivity index (χ2v) is 6.07. The van der Waals surface area contributed by atoms with Gasteiger partial charge in [0.15, 0.2) is 5.96 Å². The molecule has 0 bridgehead atoms. The van der Waals surface area contributed by atoms with E-state index in [1.807, 2.05) is 7.05 Å². The van der Waals surface area contributed by atoms with Crippen LogP contribution < -0.4 is 10.6 Å². The van der Waals surface area contributed by atoms with Crippen molar-refractivity contribution in [3.8, 4) is 0 Å². The van der Waals surface area contributed by atoms with E-state index in [2.05, 4.69) is 55.1 Å². The lowest BCUT2D eigenvalue weighted by Gasteiger charge is -2.24. The predicted octanol–water partition coefficient (Wildman–Crippen LogP) is 2.46. The minimum absolute atomic E-state index is 0.0539. The average molecular weight is 270 g/mol. The summed E-state index contributed by atoms with van der Waals surface area (Å²) in [6.45, 7) is 15.5. The standard InChI is InChI=1S/C15H34N4/c1-7-11-19(12-8-2)13-9-10-17-14(16-6)18-15(3,4)5/h7-13H2,1-6H3,(H2,16,17,18). The number of hydrogen-bond donors (Lipinski definition) is 2. The highest BCUT2D eigenvalue weighted by atomic mass is 15.2. The summed E-state index contributed by atoms with van der Waals surface area (Å²) in [4.78, 5) is 6.79. The van der Waals surface area contributed by atoms with Crippen molar-refractivity contribution >= 4 is 5.96 Å². The van der Waals surface area contributed by atoms with Crippen LogP contribution in [0.2, 0.25) is 0 Å². The number of nitrogens with one attached hydrogen (secondary N) is 2. The van der Waals surface area contributed by atoms with Crippen LogP contribution in [0, 0.1) is 0 Å². The topological polar surface area (TPSA) is 39.7 Å². The summed E-state index contributed by atoms with van der Waals surface area (Å²) < 4.78 is 0. The molecule has 0 amide bonds. The van der Waals surface area contributed by atoms with Crippen LogP contribution in [-0.2, 0) is 0 Å². The van der Waals surface area contributed by atoms with Crippen LogP contribution in [0.5, 0.6) is 0 Å². The number of guanidine groups is 1. The number of hydrogen-bond acceptors (Lipinski definition) is 2. The minimum atomic E-state index is 0.0539. The monoisotopic (exact) mass is 270 g/mol. The second-order valence-electron chi connectivity index (χ2n) is 6.07. The van der Waals surface area contributed by atoms with Crippen molar-refractivity contribution in [3.63, 3.8) is 0 Å². The normalized spacial score (nSPS) is 12.9. The van der Waals surface area contributed by atoms with Crippen molar-refractivity contribution in [2.75, 3.05) is 33.2 Å². The summed E-state index contributed by atoms with van der Waals surface area (Å²) in [5.74, 6) is 0.894. The van der Waals surface area contributed by atoms with Gasteiger partial charge in [0.2, 0.25) is 0 Å². The van der Waals surface area contributed by atoms with Crippen LogP contribution in [0.25, 0.3) is 0 Å². The lowest BCUT2D eigenvalue weighted by molar-refractivity contribution is 0.271. The number of nitrogens with zero attached hydrogens (tertiary/aromatic N) is 2. The van der Waals surface area contributed by atoms with E-state index in [0.717, 1.165) is 18.9 Å². The van der Waals surface area contributed by atoms with E-state index in [1.165, 1.54) is 32.5 Å². The third-order valence-corrected chi connectivity index (χ3v) is 2.74. The Hall–Kier alpha value is -0.770. The Morgan fingerprint density at radius 3 is 2.05 bits per heavy atom. The zero-order valence-corrected chi connectivity index (χ0v) is 13.8. The van der Waals surface area contributed by atoms with Gasteiger partial charge in [0.05, 0.1) is 0 Å².